The lowest BCUT2D eigenvalue weighted by atomic mass is 10.0. The average molecular weight is 335 g/mol. The maximum Gasteiger partial charge on any atom is 0.323 e. The highest BCUT2D eigenvalue weighted by atomic mass is 79.9. The molecule has 0 unspecified atom stereocenters. The topological polar surface area (TPSA) is 40.5 Å². The van der Waals surface area contributed by atoms with Crippen molar-refractivity contribution >= 4 is 33.5 Å². The van der Waals surface area contributed by atoms with Gasteiger partial charge in [-0.3, -0.25) is 9.69 Å². The molecule has 3 nitrogen and oxygen atoms in total. The van der Waals surface area contributed by atoms with Crippen LogP contribution in [0.1, 0.15) is 26.3 Å². The van der Waals surface area contributed by atoms with Crippen LogP contribution in [-0.4, -0.2) is 28.1 Å². The van der Waals surface area contributed by atoms with Gasteiger partial charge in [-0.15, -0.1) is 0 Å². The summed E-state index contributed by atoms with van der Waals surface area (Å²) in [5.74, 6) is -0.838. The molecule has 0 amide bonds. The van der Waals surface area contributed by atoms with E-state index in [0.717, 1.165) is 10.0 Å². The van der Waals surface area contributed by atoms with Gasteiger partial charge in [0, 0.05) is 16.0 Å². The van der Waals surface area contributed by atoms with E-state index >= 15 is 0 Å². The molecule has 1 aromatic rings. The summed E-state index contributed by atoms with van der Waals surface area (Å²) in [5.41, 5.74) is 0.00245. The van der Waals surface area contributed by atoms with Crippen LogP contribution in [0.25, 0.3) is 0 Å². The van der Waals surface area contributed by atoms with Gasteiger partial charge in [0.2, 0.25) is 0 Å². The normalized spacial score (nSPS) is 11.9. The van der Waals surface area contributed by atoms with Gasteiger partial charge in [-0.25, -0.2) is 0 Å². The molecule has 100 valence electrons. The molecule has 0 fully saturated rings. The highest BCUT2D eigenvalue weighted by molar-refractivity contribution is 9.10. The Morgan fingerprint density at radius 3 is 2.61 bits per heavy atom. The third kappa shape index (κ3) is 3.46. The molecule has 0 aliphatic heterocycles. The monoisotopic (exact) mass is 333 g/mol. The molecule has 1 rings (SSSR count). The van der Waals surface area contributed by atoms with Crippen molar-refractivity contribution in [2.75, 3.05) is 6.54 Å². The maximum atomic E-state index is 11.3. The number of likely N-dealkylation sites (N-methyl/N-ethyl adjacent to an activating group) is 1. The van der Waals surface area contributed by atoms with Crippen molar-refractivity contribution in [3.8, 4) is 0 Å². The van der Waals surface area contributed by atoms with Gasteiger partial charge in [-0.05, 0) is 44.2 Å². The summed E-state index contributed by atoms with van der Waals surface area (Å²) < 4.78 is 0.936. The fourth-order valence-electron chi connectivity index (χ4n) is 1.71. The molecule has 0 spiro atoms. The Kier molecular flexibility index (Phi) is 5.20. The van der Waals surface area contributed by atoms with Crippen LogP contribution in [0.4, 0.5) is 0 Å². The largest absolute Gasteiger partial charge is 0.480 e. The van der Waals surface area contributed by atoms with Gasteiger partial charge < -0.3 is 5.11 Å². The molecule has 0 saturated heterocycles. The Morgan fingerprint density at radius 1 is 1.50 bits per heavy atom. The molecule has 5 heteroatoms. The molecule has 1 aromatic carbocycles. The Bertz CT molecular complexity index is 449. The summed E-state index contributed by atoms with van der Waals surface area (Å²) in [6.07, 6.45) is 0. The van der Waals surface area contributed by atoms with Crippen molar-refractivity contribution in [2.24, 2.45) is 0 Å². The second kappa shape index (κ2) is 6.04. The van der Waals surface area contributed by atoms with E-state index in [9.17, 15) is 9.90 Å². The van der Waals surface area contributed by atoms with Gasteiger partial charge in [0.05, 0.1) is 0 Å². The number of aliphatic carboxylic acids is 1. The first-order chi connectivity index (χ1) is 8.28. The van der Waals surface area contributed by atoms with Crippen LogP contribution in [-0.2, 0) is 11.3 Å². The highest BCUT2D eigenvalue weighted by Crippen LogP contribution is 2.25. The number of nitrogens with zero attached hydrogens (tertiary/aromatic N) is 1. The van der Waals surface area contributed by atoms with Gasteiger partial charge in [0.1, 0.15) is 5.54 Å². The van der Waals surface area contributed by atoms with Crippen LogP contribution in [0.15, 0.2) is 22.7 Å². The van der Waals surface area contributed by atoms with Crippen molar-refractivity contribution in [1.82, 2.24) is 4.90 Å². The smallest absolute Gasteiger partial charge is 0.323 e. The second-order valence-corrected chi connectivity index (χ2v) is 5.94. The fraction of sp³-hybridized carbons (Fsp3) is 0.462. The van der Waals surface area contributed by atoms with Crippen LogP contribution in [0, 0.1) is 0 Å². The Hall–Kier alpha value is -0.580. The molecule has 0 aliphatic carbocycles. The third-order valence-corrected chi connectivity index (χ3v) is 3.93. The Balaban J connectivity index is 3.00. The molecule has 0 radical (unpaired) electrons. The van der Waals surface area contributed by atoms with Gasteiger partial charge in [-0.2, -0.15) is 0 Å². The summed E-state index contributed by atoms with van der Waals surface area (Å²) in [6.45, 7) is 6.49. The van der Waals surface area contributed by atoms with Gasteiger partial charge in [0.25, 0.3) is 0 Å². The predicted octanol–water partition coefficient (Wildman–Crippen LogP) is 3.79. The zero-order valence-electron chi connectivity index (χ0n) is 10.7. The number of hydrogen-bond donors (Lipinski definition) is 1. The summed E-state index contributed by atoms with van der Waals surface area (Å²) in [4.78, 5) is 13.2. The Morgan fingerprint density at radius 2 is 2.11 bits per heavy atom. The number of hydrogen-bond acceptors (Lipinski definition) is 2. The highest BCUT2D eigenvalue weighted by Gasteiger charge is 2.33. The third-order valence-electron chi connectivity index (χ3n) is 3.06. The first-order valence-corrected chi connectivity index (χ1v) is 6.88. The van der Waals surface area contributed by atoms with E-state index in [1.807, 2.05) is 30.0 Å². The molecule has 0 aromatic heterocycles. The quantitative estimate of drug-likeness (QED) is 0.890. The molecular weight excluding hydrogens is 318 g/mol. The molecule has 0 aliphatic rings. The van der Waals surface area contributed by atoms with Crippen molar-refractivity contribution in [3.05, 3.63) is 33.3 Å². The standard InChI is InChI=1S/C13H17BrClNO2/c1-4-16(13(2,3)12(17)18)8-9-7-10(14)5-6-11(9)15/h5-7H,4,8H2,1-3H3,(H,17,18). The summed E-state index contributed by atoms with van der Waals surface area (Å²) >= 11 is 9.53. The Labute approximate surface area is 121 Å². The molecule has 18 heavy (non-hydrogen) atoms. The molecule has 0 saturated carbocycles. The zero-order valence-corrected chi connectivity index (χ0v) is 13.0. The van der Waals surface area contributed by atoms with Gasteiger partial charge >= 0.3 is 5.97 Å². The van der Waals surface area contributed by atoms with E-state index in [1.165, 1.54) is 0 Å². The molecule has 1 N–H and O–H groups in total. The van der Waals surface area contributed by atoms with Crippen LogP contribution in [0.2, 0.25) is 5.02 Å². The van der Waals surface area contributed by atoms with Crippen molar-refractivity contribution in [2.45, 2.75) is 32.9 Å². The first-order valence-electron chi connectivity index (χ1n) is 5.71. The zero-order chi connectivity index (χ0) is 13.9. The van der Waals surface area contributed by atoms with Crippen molar-refractivity contribution in [1.29, 1.82) is 0 Å². The van der Waals surface area contributed by atoms with Crippen LogP contribution in [0.5, 0.6) is 0 Å². The number of carbonyl (C=O) groups is 1. The summed E-state index contributed by atoms with van der Waals surface area (Å²) in [7, 11) is 0. The van der Waals surface area contributed by atoms with Gasteiger partial charge in [-0.1, -0.05) is 34.5 Å². The minimum atomic E-state index is -0.916. The predicted molar refractivity (Wildman–Crippen MR) is 77.0 cm³/mol. The maximum absolute atomic E-state index is 11.3. The van der Waals surface area contributed by atoms with E-state index in [2.05, 4.69) is 15.9 Å². The first kappa shape index (κ1) is 15.5. The molecular formula is C13H17BrClNO2. The molecule has 0 bridgehead atoms. The lowest BCUT2D eigenvalue weighted by Crippen LogP contribution is -2.49. The van der Waals surface area contributed by atoms with E-state index in [4.69, 9.17) is 11.6 Å². The number of rotatable bonds is 5. The minimum absolute atomic E-state index is 0.508. The van der Waals surface area contributed by atoms with E-state index in [1.54, 1.807) is 13.8 Å². The van der Waals surface area contributed by atoms with E-state index in [-0.39, 0.29) is 0 Å². The fourth-order valence-corrected chi connectivity index (χ4v) is 2.30. The van der Waals surface area contributed by atoms with E-state index < -0.39 is 11.5 Å². The number of carboxylic acids is 1. The lowest BCUT2D eigenvalue weighted by molar-refractivity contribution is -0.149. The number of benzene rings is 1. The minimum Gasteiger partial charge on any atom is -0.480 e. The summed E-state index contributed by atoms with van der Waals surface area (Å²) in [6, 6.07) is 5.59. The molecule has 0 heterocycles. The summed E-state index contributed by atoms with van der Waals surface area (Å²) in [5, 5.41) is 9.91. The number of halogens is 2. The second-order valence-electron chi connectivity index (χ2n) is 4.61. The van der Waals surface area contributed by atoms with Gasteiger partial charge in [0.15, 0.2) is 0 Å². The van der Waals surface area contributed by atoms with Crippen molar-refractivity contribution < 1.29 is 9.90 Å². The van der Waals surface area contributed by atoms with Crippen molar-refractivity contribution in [3.63, 3.8) is 0 Å². The van der Waals surface area contributed by atoms with Crippen LogP contribution >= 0.6 is 27.5 Å². The van der Waals surface area contributed by atoms with Crippen LogP contribution < -0.4 is 0 Å². The van der Waals surface area contributed by atoms with Crippen LogP contribution in [0.3, 0.4) is 0 Å². The molecule has 0 atom stereocenters. The van der Waals surface area contributed by atoms with E-state index in [0.29, 0.717) is 18.1 Å². The SMILES string of the molecule is CCN(Cc1cc(Br)ccc1Cl)C(C)(C)C(=O)O. The lowest BCUT2D eigenvalue weighted by Gasteiger charge is -2.34. The number of carboxylic acid groups (broad SMARTS) is 1. The average Bonchev–Trinajstić information content (AvgIpc) is 2.29.